The second-order valence-electron chi connectivity index (χ2n) is 8.77. The van der Waals surface area contributed by atoms with Gasteiger partial charge in [0.15, 0.2) is 0 Å². The number of nitrogens with one attached hydrogen (secondary N) is 1. The molecule has 0 spiro atoms. The van der Waals surface area contributed by atoms with Crippen molar-refractivity contribution < 1.29 is 19.4 Å². The van der Waals surface area contributed by atoms with Crippen LogP contribution in [-0.2, 0) is 9.53 Å². The van der Waals surface area contributed by atoms with Crippen LogP contribution in [-0.4, -0.2) is 29.7 Å². The second-order valence-corrected chi connectivity index (χ2v) is 8.77. The highest BCUT2D eigenvalue weighted by Crippen LogP contribution is 2.63. The molecule has 1 aromatic rings. The first-order valence-electron chi connectivity index (χ1n) is 9.60. The molecule has 4 saturated carbocycles. The molecule has 2 atom stereocenters. The first-order valence-corrected chi connectivity index (χ1v) is 9.60. The number of aliphatic hydroxyl groups is 1. The molecule has 2 N–H and O–H groups in total. The average Bonchev–Trinajstić information content (AvgIpc) is 2.58. The second kappa shape index (κ2) is 6.38. The fraction of sp³-hybridized carbons (Fsp3) is 0.619. The largest absolute Gasteiger partial charge is 0.465 e. The smallest absolute Gasteiger partial charge is 0.339 e. The van der Waals surface area contributed by atoms with E-state index in [-0.39, 0.29) is 11.3 Å². The molecule has 0 radical (unpaired) electrons. The van der Waals surface area contributed by atoms with Crippen molar-refractivity contribution in [1.82, 2.24) is 0 Å². The van der Waals surface area contributed by atoms with E-state index in [1.54, 1.807) is 24.3 Å². The molecular weight excluding hydrogens is 330 g/mol. The molecule has 1 amide bonds. The molecule has 1 aromatic carbocycles. The number of hydrogen-bond acceptors (Lipinski definition) is 4. The normalized spacial score (nSPS) is 34.5. The van der Waals surface area contributed by atoms with Gasteiger partial charge < -0.3 is 15.2 Å². The molecule has 0 aliphatic heterocycles. The first kappa shape index (κ1) is 17.5. The summed E-state index contributed by atoms with van der Waals surface area (Å²) in [6, 6.07) is 6.91. The number of esters is 1. The molecule has 2 unspecified atom stereocenters. The van der Waals surface area contributed by atoms with Crippen LogP contribution in [0.4, 0.5) is 5.69 Å². The molecule has 0 saturated heterocycles. The Bertz CT molecular complexity index is 714. The Morgan fingerprint density at radius 2 is 1.88 bits per heavy atom. The van der Waals surface area contributed by atoms with Crippen LogP contribution in [0, 0.1) is 17.3 Å². The van der Waals surface area contributed by atoms with E-state index >= 15 is 0 Å². The minimum atomic E-state index is -0.488. The van der Waals surface area contributed by atoms with Crippen LogP contribution < -0.4 is 5.32 Å². The summed E-state index contributed by atoms with van der Waals surface area (Å²) in [5.41, 5.74) is 0.497. The minimum absolute atomic E-state index is 0.0795. The van der Waals surface area contributed by atoms with E-state index in [0.29, 0.717) is 29.5 Å². The molecule has 4 fully saturated rings. The Morgan fingerprint density at radius 1 is 1.19 bits per heavy atom. The van der Waals surface area contributed by atoms with E-state index in [0.717, 1.165) is 38.5 Å². The fourth-order valence-electron chi connectivity index (χ4n) is 6.17. The summed E-state index contributed by atoms with van der Waals surface area (Å²) in [6.45, 7) is 0. The van der Waals surface area contributed by atoms with Gasteiger partial charge in [-0.1, -0.05) is 12.1 Å². The molecule has 0 aromatic heterocycles. The highest BCUT2D eigenvalue weighted by molar-refractivity contribution is 6.01. The van der Waals surface area contributed by atoms with Gasteiger partial charge >= 0.3 is 5.97 Å². The van der Waals surface area contributed by atoms with E-state index in [1.807, 2.05) is 0 Å². The Hall–Kier alpha value is -1.88. The summed E-state index contributed by atoms with van der Waals surface area (Å²) >= 11 is 0. The quantitative estimate of drug-likeness (QED) is 0.791. The average molecular weight is 357 g/mol. The third-order valence-corrected chi connectivity index (χ3v) is 6.64. The highest BCUT2D eigenvalue weighted by atomic mass is 16.5. The van der Waals surface area contributed by atoms with Gasteiger partial charge in [-0.3, -0.25) is 4.79 Å². The summed E-state index contributed by atoms with van der Waals surface area (Å²) in [5, 5.41) is 13.7. The van der Waals surface area contributed by atoms with E-state index in [9.17, 15) is 14.7 Å². The van der Waals surface area contributed by atoms with E-state index in [2.05, 4.69) is 5.32 Å². The van der Waals surface area contributed by atoms with E-state index in [1.165, 1.54) is 13.5 Å². The first-order chi connectivity index (χ1) is 12.4. The predicted molar refractivity (Wildman–Crippen MR) is 97.7 cm³/mol. The number of para-hydroxylation sites is 1. The van der Waals surface area contributed by atoms with Crippen molar-refractivity contribution in [3.63, 3.8) is 0 Å². The van der Waals surface area contributed by atoms with Crippen LogP contribution in [0.1, 0.15) is 61.7 Å². The molecule has 4 aliphatic carbocycles. The number of ether oxygens (including phenoxy) is 1. The van der Waals surface area contributed by atoms with Crippen LogP contribution >= 0.6 is 0 Å². The van der Waals surface area contributed by atoms with Crippen LogP contribution in [0.15, 0.2) is 24.3 Å². The van der Waals surface area contributed by atoms with Gasteiger partial charge in [0, 0.05) is 6.42 Å². The number of methoxy groups -OCH3 is 1. The number of carbonyl (C=O) groups excluding carboxylic acids is 2. The molecule has 5 nitrogen and oxygen atoms in total. The lowest BCUT2D eigenvalue weighted by Crippen LogP contribution is -2.55. The van der Waals surface area contributed by atoms with Crippen LogP contribution in [0.5, 0.6) is 0 Å². The molecule has 140 valence electrons. The minimum Gasteiger partial charge on any atom is -0.465 e. The summed E-state index contributed by atoms with van der Waals surface area (Å²) in [7, 11) is 1.33. The van der Waals surface area contributed by atoms with Crippen molar-refractivity contribution >= 4 is 17.6 Å². The van der Waals surface area contributed by atoms with Gasteiger partial charge in [0.05, 0.1) is 24.0 Å². The van der Waals surface area contributed by atoms with Gasteiger partial charge in [-0.2, -0.15) is 0 Å². The highest BCUT2D eigenvalue weighted by Gasteiger charge is 2.56. The maximum atomic E-state index is 12.5. The maximum absolute atomic E-state index is 12.5. The molecule has 5 heteroatoms. The molecule has 26 heavy (non-hydrogen) atoms. The lowest BCUT2D eigenvalue weighted by molar-refractivity contribution is -0.166. The Labute approximate surface area is 154 Å². The van der Waals surface area contributed by atoms with Gasteiger partial charge in [0.25, 0.3) is 0 Å². The number of anilines is 1. The molecule has 4 aliphatic rings. The predicted octanol–water partition coefficient (Wildman–Crippen LogP) is 3.52. The number of rotatable bonds is 5. The van der Waals surface area contributed by atoms with Crippen molar-refractivity contribution in [3.8, 4) is 0 Å². The molecule has 0 heterocycles. The Morgan fingerprint density at radius 3 is 2.54 bits per heavy atom. The van der Waals surface area contributed by atoms with Crippen molar-refractivity contribution in [3.05, 3.63) is 29.8 Å². The standard InChI is InChI=1S/C21H27NO4/c1-26-19(24)16-4-2-3-5-17(16)22-18(23)6-7-20-9-14-8-15(10-20)12-21(25,11-14)13-20/h2-5,14-15,25H,6-13H2,1H3,(H,22,23). The van der Waals surface area contributed by atoms with Gasteiger partial charge in [-0.15, -0.1) is 0 Å². The van der Waals surface area contributed by atoms with Crippen LogP contribution in [0.3, 0.4) is 0 Å². The monoisotopic (exact) mass is 357 g/mol. The van der Waals surface area contributed by atoms with Gasteiger partial charge in [-0.05, 0) is 74.3 Å². The van der Waals surface area contributed by atoms with E-state index < -0.39 is 11.6 Å². The molecular formula is C21H27NO4. The zero-order chi connectivity index (χ0) is 18.4. The van der Waals surface area contributed by atoms with Crippen LogP contribution in [0.2, 0.25) is 0 Å². The fourth-order valence-corrected chi connectivity index (χ4v) is 6.17. The summed E-state index contributed by atoms with van der Waals surface area (Å²) in [4.78, 5) is 24.4. The zero-order valence-electron chi connectivity index (χ0n) is 15.3. The molecule has 5 rings (SSSR count). The third kappa shape index (κ3) is 3.25. The van der Waals surface area contributed by atoms with Crippen molar-refractivity contribution in [2.45, 2.75) is 57.0 Å². The van der Waals surface area contributed by atoms with Crippen molar-refractivity contribution in [2.75, 3.05) is 12.4 Å². The topological polar surface area (TPSA) is 75.6 Å². The van der Waals surface area contributed by atoms with E-state index in [4.69, 9.17) is 4.74 Å². The Balaban J connectivity index is 1.40. The van der Waals surface area contributed by atoms with Gasteiger partial charge in [-0.25, -0.2) is 4.79 Å². The lowest BCUT2D eigenvalue weighted by Gasteiger charge is -2.60. The summed E-state index contributed by atoms with van der Waals surface area (Å²) in [6.07, 6.45) is 7.53. The summed E-state index contributed by atoms with van der Waals surface area (Å²) in [5.74, 6) is 0.724. The zero-order valence-corrected chi connectivity index (χ0v) is 15.3. The number of amides is 1. The Kier molecular flexibility index (Phi) is 4.30. The number of benzene rings is 1. The number of carbonyl (C=O) groups is 2. The maximum Gasteiger partial charge on any atom is 0.339 e. The lowest BCUT2D eigenvalue weighted by atomic mass is 9.47. The van der Waals surface area contributed by atoms with Gasteiger partial charge in [0.2, 0.25) is 5.91 Å². The SMILES string of the molecule is COC(=O)c1ccccc1NC(=O)CCC12CC3CC(CC(O)(C3)C1)C2. The third-order valence-electron chi connectivity index (χ3n) is 6.64. The number of hydrogen-bond donors (Lipinski definition) is 2. The van der Waals surface area contributed by atoms with Crippen LogP contribution in [0.25, 0.3) is 0 Å². The summed E-state index contributed by atoms with van der Waals surface area (Å²) < 4.78 is 4.78. The van der Waals surface area contributed by atoms with Crippen molar-refractivity contribution in [1.29, 1.82) is 0 Å². The van der Waals surface area contributed by atoms with Gasteiger partial charge in [0.1, 0.15) is 0 Å². The molecule has 4 bridgehead atoms. The van der Waals surface area contributed by atoms with Crippen molar-refractivity contribution in [2.24, 2.45) is 17.3 Å².